The third-order valence-electron chi connectivity index (χ3n) is 6.46. The highest BCUT2D eigenvalue weighted by molar-refractivity contribution is 5.81. The maximum Gasteiger partial charge on any atom is 0.236 e. The van der Waals surface area contributed by atoms with Crippen molar-refractivity contribution in [1.29, 1.82) is 0 Å². The molecule has 0 aliphatic carbocycles. The number of nitrogens with zero attached hydrogens (tertiary/aromatic N) is 2. The average Bonchev–Trinajstić information content (AvgIpc) is 2.86. The lowest BCUT2D eigenvalue weighted by molar-refractivity contribution is -0.122. The van der Waals surface area contributed by atoms with Gasteiger partial charge in [-0.1, -0.05) is 48.5 Å². The van der Waals surface area contributed by atoms with Crippen LogP contribution in [0.15, 0.2) is 65.7 Å². The van der Waals surface area contributed by atoms with Gasteiger partial charge in [0.15, 0.2) is 5.96 Å². The third-order valence-corrected chi connectivity index (χ3v) is 6.46. The standard InChI is InChI=1S/C26H39N7O/c27-23(12-7-16-30-25(28)29)24(34)31-20-26(32-22-10-5-2-6-11-22)14-18-33(19-15-26)17-13-21-8-3-1-4-9-21/h1-6,8-11,23,32H,7,12-20,27H2,(H,31,34)(H4,28,29,30)/t23-/m0/s1. The van der Waals surface area contributed by atoms with Crippen LogP contribution in [0.4, 0.5) is 5.69 Å². The van der Waals surface area contributed by atoms with Crippen LogP contribution in [0.3, 0.4) is 0 Å². The van der Waals surface area contributed by atoms with Gasteiger partial charge < -0.3 is 32.7 Å². The number of likely N-dealkylation sites (tertiary alicyclic amines) is 1. The number of benzene rings is 2. The molecule has 1 heterocycles. The molecule has 0 saturated carbocycles. The molecule has 1 aliphatic rings. The molecule has 1 aliphatic heterocycles. The fraction of sp³-hybridized carbons (Fsp3) is 0.462. The lowest BCUT2D eigenvalue weighted by Gasteiger charge is -2.43. The molecule has 0 spiro atoms. The van der Waals surface area contributed by atoms with Gasteiger partial charge in [0.05, 0.1) is 11.6 Å². The first-order valence-electron chi connectivity index (χ1n) is 12.1. The van der Waals surface area contributed by atoms with Gasteiger partial charge in [-0.15, -0.1) is 0 Å². The number of para-hydroxylation sites is 1. The monoisotopic (exact) mass is 465 g/mol. The maximum atomic E-state index is 12.7. The summed E-state index contributed by atoms with van der Waals surface area (Å²) in [5, 5.41) is 6.83. The van der Waals surface area contributed by atoms with E-state index in [2.05, 4.69) is 63.0 Å². The predicted molar refractivity (Wildman–Crippen MR) is 140 cm³/mol. The first-order valence-corrected chi connectivity index (χ1v) is 12.1. The molecule has 2 aromatic carbocycles. The molecular weight excluding hydrogens is 426 g/mol. The topological polar surface area (TPSA) is 135 Å². The number of nitrogens with two attached hydrogens (primary N) is 3. The van der Waals surface area contributed by atoms with Crippen molar-refractivity contribution in [1.82, 2.24) is 10.2 Å². The second-order valence-electron chi connectivity index (χ2n) is 9.12. The van der Waals surface area contributed by atoms with E-state index in [4.69, 9.17) is 17.2 Å². The molecule has 0 unspecified atom stereocenters. The van der Waals surface area contributed by atoms with Gasteiger partial charge in [-0.3, -0.25) is 9.79 Å². The molecule has 34 heavy (non-hydrogen) atoms. The van der Waals surface area contributed by atoms with Crippen LogP contribution in [0.1, 0.15) is 31.2 Å². The van der Waals surface area contributed by atoms with Crippen molar-refractivity contribution in [3.8, 4) is 0 Å². The molecule has 8 heteroatoms. The quantitative estimate of drug-likeness (QED) is 0.184. The van der Waals surface area contributed by atoms with Gasteiger partial charge in [0.25, 0.3) is 0 Å². The number of aliphatic imine (C=N–C) groups is 1. The minimum absolute atomic E-state index is 0.0575. The number of guanidine groups is 1. The molecule has 2 aromatic rings. The molecule has 1 fully saturated rings. The maximum absolute atomic E-state index is 12.7. The summed E-state index contributed by atoms with van der Waals surface area (Å²) in [4.78, 5) is 19.1. The Balaban J connectivity index is 1.54. The van der Waals surface area contributed by atoms with Gasteiger partial charge in [0.2, 0.25) is 5.91 Å². The Morgan fingerprint density at radius 3 is 2.32 bits per heavy atom. The predicted octanol–water partition coefficient (Wildman–Crippen LogP) is 1.67. The first-order chi connectivity index (χ1) is 16.5. The van der Waals surface area contributed by atoms with Crippen molar-refractivity contribution in [3.63, 3.8) is 0 Å². The van der Waals surface area contributed by atoms with Gasteiger partial charge in [-0.2, -0.15) is 0 Å². The summed E-state index contributed by atoms with van der Waals surface area (Å²) in [6, 6.07) is 20.2. The van der Waals surface area contributed by atoms with E-state index < -0.39 is 6.04 Å². The number of amides is 1. The third kappa shape index (κ3) is 8.35. The number of anilines is 1. The number of hydrogen-bond donors (Lipinski definition) is 5. The van der Waals surface area contributed by atoms with Gasteiger partial charge in [0.1, 0.15) is 0 Å². The van der Waals surface area contributed by atoms with Crippen molar-refractivity contribution in [3.05, 3.63) is 66.2 Å². The van der Waals surface area contributed by atoms with Crippen molar-refractivity contribution in [2.24, 2.45) is 22.2 Å². The SMILES string of the molecule is NC(N)=NCCC[C@H](N)C(=O)NCC1(Nc2ccccc2)CCN(CCc2ccccc2)CC1. The van der Waals surface area contributed by atoms with E-state index in [0.29, 0.717) is 25.9 Å². The Labute approximate surface area is 203 Å². The number of hydrogen-bond acceptors (Lipinski definition) is 5. The summed E-state index contributed by atoms with van der Waals surface area (Å²) in [7, 11) is 0. The van der Waals surface area contributed by atoms with Crippen LogP contribution in [-0.2, 0) is 11.2 Å². The van der Waals surface area contributed by atoms with Gasteiger partial charge in [-0.25, -0.2) is 0 Å². The molecule has 1 amide bonds. The Bertz CT molecular complexity index is 892. The smallest absolute Gasteiger partial charge is 0.236 e. The van der Waals surface area contributed by atoms with Gasteiger partial charge in [-0.05, 0) is 49.8 Å². The summed E-state index contributed by atoms with van der Waals surface area (Å²) in [5.74, 6) is -0.0764. The summed E-state index contributed by atoms with van der Waals surface area (Å²) in [6.45, 7) is 4.01. The zero-order chi connectivity index (χ0) is 24.2. The van der Waals surface area contributed by atoms with Crippen LogP contribution in [-0.4, -0.2) is 61.1 Å². The molecule has 8 N–H and O–H groups in total. The van der Waals surface area contributed by atoms with Gasteiger partial charge >= 0.3 is 0 Å². The molecule has 0 radical (unpaired) electrons. The average molecular weight is 466 g/mol. The second kappa shape index (κ2) is 13.0. The van der Waals surface area contributed by atoms with Crippen LogP contribution in [0.2, 0.25) is 0 Å². The highest BCUT2D eigenvalue weighted by Crippen LogP contribution is 2.27. The number of rotatable bonds is 12. The van der Waals surface area contributed by atoms with Crippen LogP contribution < -0.4 is 27.8 Å². The zero-order valence-corrected chi connectivity index (χ0v) is 20.0. The van der Waals surface area contributed by atoms with Gasteiger partial charge in [0, 0.05) is 38.4 Å². The number of carbonyl (C=O) groups is 1. The van der Waals surface area contributed by atoms with Crippen LogP contribution >= 0.6 is 0 Å². The second-order valence-corrected chi connectivity index (χ2v) is 9.12. The summed E-state index contributed by atoms with van der Waals surface area (Å²) in [6.07, 6.45) is 4.13. The lowest BCUT2D eigenvalue weighted by atomic mass is 9.86. The first kappa shape index (κ1) is 25.5. The number of nitrogens with one attached hydrogen (secondary N) is 2. The van der Waals surface area contributed by atoms with Crippen molar-refractivity contribution in [2.45, 2.75) is 43.7 Å². The molecule has 3 rings (SSSR count). The molecule has 184 valence electrons. The van der Waals surface area contributed by atoms with E-state index in [0.717, 1.165) is 44.6 Å². The van der Waals surface area contributed by atoms with E-state index >= 15 is 0 Å². The van der Waals surface area contributed by atoms with Crippen LogP contribution in [0.25, 0.3) is 0 Å². The Hall–Kier alpha value is -3.10. The largest absolute Gasteiger partial charge is 0.378 e. The molecular formula is C26H39N7O. The number of piperidine rings is 1. The zero-order valence-electron chi connectivity index (χ0n) is 20.0. The van der Waals surface area contributed by atoms with Crippen LogP contribution in [0, 0.1) is 0 Å². The Morgan fingerprint density at radius 2 is 1.68 bits per heavy atom. The fourth-order valence-corrected chi connectivity index (χ4v) is 4.35. The molecule has 1 atom stereocenters. The Morgan fingerprint density at radius 1 is 1.03 bits per heavy atom. The molecule has 8 nitrogen and oxygen atoms in total. The van der Waals surface area contributed by atoms with Crippen molar-refractivity contribution >= 4 is 17.6 Å². The van der Waals surface area contributed by atoms with Crippen LogP contribution in [0.5, 0.6) is 0 Å². The van der Waals surface area contributed by atoms with E-state index in [9.17, 15) is 4.79 Å². The summed E-state index contributed by atoms with van der Waals surface area (Å²) < 4.78 is 0. The minimum atomic E-state index is -0.575. The summed E-state index contributed by atoms with van der Waals surface area (Å²) in [5.41, 5.74) is 19.0. The minimum Gasteiger partial charge on any atom is -0.378 e. The highest BCUT2D eigenvalue weighted by atomic mass is 16.2. The van der Waals surface area contributed by atoms with E-state index in [1.165, 1.54) is 5.56 Å². The summed E-state index contributed by atoms with van der Waals surface area (Å²) >= 11 is 0. The molecule has 0 aromatic heterocycles. The normalized spacial score (nSPS) is 16.4. The lowest BCUT2D eigenvalue weighted by Crippen LogP contribution is -2.57. The molecule has 0 bridgehead atoms. The highest BCUT2D eigenvalue weighted by Gasteiger charge is 2.35. The molecule has 1 saturated heterocycles. The van der Waals surface area contributed by atoms with Crippen molar-refractivity contribution < 1.29 is 4.79 Å². The fourth-order valence-electron chi connectivity index (χ4n) is 4.35. The van der Waals surface area contributed by atoms with E-state index in [-0.39, 0.29) is 17.4 Å². The van der Waals surface area contributed by atoms with E-state index in [1.54, 1.807) is 0 Å². The number of carbonyl (C=O) groups excluding carboxylic acids is 1. The van der Waals surface area contributed by atoms with Crippen molar-refractivity contribution in [2.75, 3.05) is 38.0 Å². The Kier molecular flexibility index (Phi) is 9.73. The van der Waals surface area contributed by atoms with E-state index in [1.807, 2.05) is 18.2 Å².